The van der Waals surface area contributed by atoms with Gasteiger partial charge >= 0.3 is 0 Å². The average Bonchev–Trinajstić information content (AvgIpc) is 3.00. The Morgan fingerprint density at radius 2 is 2.16 bits per heavy atom. The Bertz CT molecular complexity index is 624. The minimum absolute atomic E-state index is 0.865. The number of aromatic nitrogens is 2. The van der Waals surface area contributed by atoms with Crippen LogP contribution in [-0.2, 0) is 12.8 Å². The SMILES string of the molecule is CCC(CC)=NNc1ncnc2sc3c(c12)CCC3. The quantitative estimate of drug-likeness (QED) is 0.682. The molecule has 1 N–H and O–H groups in total. The number of nitrogens with one attached hydrogen (secondary N) is 1. The fourth-order valence-electron chi connectivity index (χ4n) is 2.55. The van der Waals surface area contributed by atoms with E-state index >= 15 is 0 Å². The van der Waals surface area contributed by atoms with E-state index in [-0.39, 0.29) is 0 Å². The summed E-state index contributed by atoms with van der Waals surface area (Å²) in [6, 6.07) is 0. The van der Waals surface area contributed by atoms with Gasteiger partial charge in [0.05, 0.1) is 5.39 Å². The van der Waals surface area contributed by atoms with Gasteiger partial charge in [-0.2, -0.15) is 5.10 Å². The Labute approximate surface area is 117 Å². The zero-order valence-corrected chi connectivity index (χ0v) is 12.2. The smallest absolute Gasteiger partial charge is 0.158 e. The highest BCUT2D eigenvalue weighted by atomic mass is 32.1. The molecule has 19 heavy (non-hydrogen) atoms. The van der Waals surface area contributed by atoms with Crippen LogP contribution in [-0.4, -0.2) is 15.7 Å². The lowest BCUT2D eigenvalue weighted by Crippen LogP contribution is -2.01. The molecular formula is C14H18N4S. The number of nitrogens with zero attached hydrogens (tertiary/aromatic N) is 3. The summed E-state index contributed by atoms with van der Waals surface area (Å²) in [6.45, 7) is 4.25. The van der Waals surface area contributed by atoms with E-state index in [9.17, 15) is 0 Å². The fourth-order valence-corrected chi connectivity index (χ4v) is 3.78. The molecule has 0 radical (unpaired) electrons. The van der Waals surface area contributed by atoms with Gasteiger partial charge in [-0.25, -0.2) is 9.97 Å². The Morgan fingerprint density at radius 1 is 1.32 bits per heavy atom. The summed E-state index contributed by atoms with van der Waals surface area (Å²) in [4.78, 5) is 11.3. The number of hydrazone groups is 1. The first-order valence-electron chi connectivity index (χ1n) is 6.90. The molecule has 0 saturated heterocycles. The molecule has 0 fully saturated rings. The van der Waals surface area contributed by atoms with Crippen molar-refractivity contribution in [1.82, 2.24) is 9.97 Å². The standard InChI is InChI=1S/C14H18N4S/c1-3-9(4-2)17-18-13-12-10-6-5-7-11(10)19-14(12)16-8-15-13/h8H,3-7H2,1-2H3,(H,15,16,18). The molecule has 0 amide bonds. The van der Waals surface area contributed by atoms with Crippen molar-refractivity contribution in [3.05, 3.63) is 16.8 Å². The van der Waals surface area contributed by atoms with Crippen LogP contribution < -0.4 is 5.43 Å². The van der Waals surface area contributed by atoms with E-state index in [1.165, 1.54) is 34.4 Å². The summed E-state index contributed by atoms with van der Waals surface area (Å²) in [5, 5.41) is 5.66. The second-order valence-electron chi connectivity index (χ2n) is 4.76. The lowest BCUT2D eigenvalue weighted by atomic mass is 10.2. The maximum absolute atomic E-state index is 4.47. The minimum Gasteiger partial charge on any atom is -0.261 e. The molecule has 100 valence electrons. The number of rotatable bonds is 4. The van der Waals surface area contributed by atoms with Crippen molar-refractivity contribution < 1.29 is 0 Å². The molecule has 0 unspecified atom stereocenters. The molecular weight excluding hydrogens is 256 g/mol. The normalized spacial score (nSPS) is 13.6. The molecule has 5 heteroatoms. The summed E-state index contributed by atoms with van der Waals surface area (Å²) in [6.07, 6.45) is 7.16. The highest BCUT2D eigenvalue weighted by Crippen LogP contribution is 2.38. The molecule has 2 aromatic heterocycles. The van der Waals surface area contributed by atoms with Crippen molar-refractivity contribution in [2.24, 2.45) is 5.10 Å². The van der Waals surface area contributed by atoms with Crippen molar-refractivity contribution in [3.8, 4) is 0 Å². The molecule has 2 aromatic rings. The lowest BCUT2D eigenvalue weighted by molar-refractivity contribution is 0.917. The Hall–Kier alpha value is -1.49. The van der Waals surface area contributed by atoms with Crippen molar-refractivity contribution in [2.45, 2.75) is 46.0 Å². The van der Waals surface area contributed by atoms with Crippen molar-refractivity contribution in [1.29, 1.82) is 0 Å². The van der Waals surface area contributed by atoms with Crippen LogP contribution in [0, 0.1) is 0 Å². The first kappa shape index (κ1) is 12.5. The molecule has 0 bridgehead atoms. The van der Waals surface area contributed by atoms with Gasteiger partial charge in [0, 0.05) is 10.6 Å². The molecule has 0 atom stereocenters. The van der Waals surface area contributed by atoms with E-state index < -0.39 is 0 Å². The monoisotopic (exact) mass is 274 g/mol. The van der Waals surface area contributed by atoms with Gasteiger partial charge in [0.2, 0.25) is 0 Å². The van der Waals surface area contributed by atoms with Crippen LogP contribution in [0.25, 0.3) is 10.2 Å². The first-order chi connectivity index (χ1) is 9.33. The second-order valence-corrected chi connectivity index (χ2v) is 5.84. The van der Waals surface area contributed by atoms with E-state index in [1.54, 1.807) is 17.7 Å². The zero-order chi connectivity index (χ0) is 13.2. The van der Waals surface area contributed by atoms with Crippen molar-refractivity contribution in [2.75, 3.05) is 5.43 Å². The number of anilines is 1. The number of fused-ring (bicyclic) bond motifs is 3. The molecule has 1 aliphatic carbocycles. The molecule has 0 aromatic carbocycles. The van der Waals surface area contributed by atoms with Gasteiger partial charge in [0.25, 0.3) is 0 Å². The Kier molecular flexibility index (Phi) is 3.46. The number of hydrogen-bond donors (Lipinski definition) is 1. The van der Waals surface area contributed by atoms with E-state index in [1.807, 2.05) is 0 Å². The van der Waals surface area contributed by atoms with Crippen LogP contribution in [0.4, 0.5) is 5.82 Å². The number of thiophene rings is 1. The highest BCUT2D eigenvalue weighted by Gasteiger charge is 2.20. The summed E-state index contributed by atoms with van der Waals surface area (Å²) in [5.41, 5.74) is 5.75. The van der Waals surface area contributed by atoms with E-state index in [2.05, 4.69) is 34.3 Å². The third-order valence-corrected chi connectivity index (χ3v) is 4.84. The summed E-state index contributed by atoms with van der Waals surface area (Å²) < 4.78 is 0. The van der Waals surface area contributed by atoms with Gasteiger partial charge in [-0.3, -0.25) is 5.43 Å². The number of aryl methyl sites for hydroxylation is 2. The number of hydrogen-bond acceptors (Lipinski definition) is 5. The van der Waals surface area contributed by atoms with Crippen molar-refractivity contribution in [3.63, 3.8) is 0 Å². The summed E-state index contributed by atoms with van der Waals surface area (Å²) in [7, 11) is 0. The topological polar surface area (TPSA) is 50.2 Å². The summed E-state index contributed by atoms with van der Waals surface area (Å²) in [5.74, 6) is 0.865. The lowest BCUT2D eigenvalue weighted by Gasteiger charge is -2.05. The molecule has 0 saturated carbocycles. The van der Waals surface area contributed by atoms with Gasteiger partial charge in [-0.05, 0) is 37.7 Å². The third kappa shape index (κ3) is 2.23. The Balaban J connectivity index is 2.02. The first-order valence-corrected chi connectivity index (χ1v) is 7.71. The predicted molar refractivity (Wildman–Crippen MR) is 81.1 cm³/mol. The largest absolute Gasteiger partial charge is 0.261 e. The third-order valence-electron chi connectivity index (χ3n) is 3.64. The van der Waals surface area contributed by atoms with Crippen LogP contribution in [0.1, 0.15) is 43.6 Å². The van der Waals surface area contributed by atoms with E-state index in [4.69, 9.17) is 0 Å². The van der Waals surface area contributed by atoms with E-state index in [0.717, 1.165) is 29.9 Å². The molecule has 2 heterocycles. The molecule has 4 nitrogen and oxygen atoms in total. The van der Waals surface area contributed by atoms with Gasteiger partial charge in [0.15, 0.2) is 5.82 Å². The van der Waals surface area contributed by atoms with Gasteiger partial charge < -0.3 is 0 Å². The summed E-state index contributed by atoms with van der Waals surface area (Å²) >= 11 is 1.81. The van der Waals surface area contributed by atoms with Gasteiger partial charge in [-0.15, -0.1) is 11.3 Å². The van der Waals surface area contributed by atoms with Crippen LogP contribution in [0.15, 0.2) is 11.4 Å². The maximum Gasteiger partial charge on any atom is 0.158 e. The fraction of sp³-hybridized carbons (Fsp3) is 0.500. The molecule has 1 aliphatic rings. The van der Waals surface area contributed by atoms with Crippen molar-refractivity contribution >= 4 is 33.1 Å². The van der Waals surface area contributed by atoms with Gasteiger partial charge in [-0.1, -0.05) is 13.8 Å². The van der Waals surface area contributed by atoms with Crippen LogP contribution >= 0.6 is 11.3 Å². The van der Waals surface area contributed by atoms with Gasteiger partial charge in [0.1, 0.15) is 11.2 Å². The van der Waals surface area contributed by atoms with Crippen LogP contribution in [0.5, 0.6) is 0 Å². The predicted octanol–water partition coefficient (Wildman–Crippen LogP) is 3.77. The zero-order valence-electron chi connectivity index (χ0n) is 11.4. The maximum atomic E-state index is 4.47. The van der Waals surface area contributed by atoms with Crippen LogP contribution in [0.3, 0.4) is 0 Å². The minimum atomic E-state index is 0.865. The second kappa shape index (κ2) is 5.25. The van der Waals surface area contributed by atoms with E-state index in [0.29, 0.717) is 0 Å². The van der Waals surface area contributed by atoms with Crippen LogP contribution in [0.2, 0.25) is 0 Å². The molecule has 0 spiro atoms. The average molecular weight is 274 g/mol. The molecule has 3 rings (SSSR count). The Morgan fingerprint density at radius 3 is 2.95 bits per heavy atom. The molecule has 0 aliphatic heterocycles. The highest BCUT2D eigenvalue weighted by molar-refractivity contribution is 7.19.